The predicted octanol–water partition coefficient (Wildman–Crippen LogP) is 3.64. The molecule has 0 aliphatic rings. The lowest BCUT2D eigenvalue weighted by Gasteiger charge is -2.14. The van der Waals surface area contributed by atoms with E-state index in [1.54, 1.807) is 0 Å². The third kappa shape index (κ3) is 3.11. The van der Waals surface area contributed by atoms with Gasteiger partial charge in [0.15, 0.2) is 0 Å². The molecule has 0 radical (unpaired) electrons. The molecular weight excluding hydrogens is 235 g/mol. The number of hydrogen-bond acceptors (Lipinski definition) is 2. The molecule has 2 rings (SSSR count). The first kappa shape index (κ1) is 13.5. The monoisotopic (exact) mass is 254 g/mol. The van der Waals surface area contributed by atoms with Gasteiger partial charge in [0.25, 0.3) is 0 Å². The first-order valence-corrected chi connectivity index (χ1v) is 6.47. The highest BCUT2D eigenvalue weighted by Crippen LogP contribution is 2.24. The van der Waals surface area contributed by atoms with E-state index in [2.05, 4.69) is 0 Å². The molecule has 98 valence electrons. The Labute approximate surface area is 115 Å². The number of aryl methyl sites for hydroxylation is 4. The highest BCUT2D eigenvalue weighted by Gasteiger charge is 2.08. The summed E-state index contributed by atoms with van der Waals surface area (Å²) in [5.41, 5.74) is 4.52. The lowest BCUT2D eigenvalue weighted by atomic mass is 10.1. The Balaban J connectivity index is 2.05. The minimum atomic E-state index is 0.234. The minimum absolute atomic E-state index is 0.234. The Kier molecular flexibility index (Phi) is 4.15. The maximum atomic E-state index is 5.76. The van der Waals surface area contributed by atoms with Crippen LogP contribution in [-0.2, 0) is 0 Å². The van der Waals surface area contributed by atoms with Gasteiger partial charge < -0.3 is 9.31 Å². The van der Waals surface area contributed by atoms with Crippen LogP contribution in [0.4, 0.5) is 0 Å². The average molecular weight is 254 g/mol. The summed E-state index contributed by atoms with van der Waals surface area (Å²) in [6.07, 6.45) is 0. The van der Waals surface area contributed by atoms with Gasteiger partial charge in [-0.05, 0) is 49.9 Å². The Morgan fingerprint density at radius 3 is 1.26 bits per heavy atom. The largest absolute Gasteiger partial charge is 0.576 e. The maximum Gasteiger partial charge on any atom is 0.576 e. The van der Waals surface area contributed by atoms with E-state index in [1.165, 1.54) is 0 Å². The van der Waals surface area contributed by atoms with Gasteiger partial charge in [0.05, 0.1) is 0 Å². The van der Waals surface area contributed by atoms with Crippen LogP contribution in [0, 0.1) is 27.7 Å². The van der Waals surface area contributed by atoms with Crippen molar-refractivity contribution in [2.45, 2.75) is 27.7 Å². The lowest BCUT2D eigenvalue weighted by Crippen LogP contribution is -2.13. The number of hydrogen-bond donors (Lipinski definition) is 0. The van der Waals surface area contributed by atoms with Gasteiger partial charge in [0, 0.05) is 0 Å². The molecule has 0 fully saturated rings. The third-order valence-corrected chi connectivity index (χ3v) is 3.22. The van der Waals surface area contributed by atoms with Crippen LogP contribution in [0.1, 0.15) is 22.3 Å². The second-order valence-electron chi connectivity index (χ2n) is 4.85. The van der Waals surface area contributed by atoms with Crippen LogP contribution in [0.3, 0.4) is 0 Å². The Morgan fingerprint density at radius 1 is 0.632 bits per heavy atom. The van der Waals surface area contributed by atoms with Crippen molar-refractivity contribution in [3.63, 3.8) is 0 Å². The van der Waals surface area contributed by atoms with Gasteiger partial charge in [-0.3, -0.25) is 0 Å². The van der Waals surface area contributed by atoms with Crippen molar-refractivity contribution in [1.82, 2.24) is 0 Å². The summed E-state index contributed by atoms with van der Waals surface area (Å²) in [6, 6.07) is 12.2. The number of rotatable bonds is 4. The first-order valence-electron chi connectivity index (χ1n) is 6.47. The second kappa shape index (κ2) is 5.83. The summed E-state index contributed by atoms with van der Waals surface area (Å²) in [7, 11) is 0.234. The van der Waals surface area contributed by atoms with Gasteiger partial charge in [-0.15, -0.1) is 0 Å². The molecule has 0 saturated heterocycles. The zero-order valence-corrected chi connectivity index (χ0v) is 12.0. The highest BCUT2D eigenvalue weighted by atomic mass is 16.6. The van der Waals surface area contributed by atoms with Crippen molar-refractivity contribution < 1.29 is 9.31 Å². The standard InChI is InChI=1S/C16H19BO2/c1-11-7-5-8-12(2)15(11)18-17-19-16-13(3)9-6-10-14(16)4/h5-10,17H,1-4H3. The molecule has 19 heavy (non-hydrogen) atoms. The molecule has 0 aliphatic heterocycles. The van der Waals surface area contributed by atoms with Crippen molar-refractivity contribution in [2.75, 3.05) is 0 Å². The summed E-state index contributed by atoms with van der Waals surface area (Å²) in [6.45, 7) is 8.17. The van der Waals surface area contributed by atoms with Crippen molar-refractivity contribution in [1.29, 1.82) is 0 Å². The van der Waals surface area contributed by atoms with Crippen LogP contribution in [0.25, 0.3) is 0 Å². The van der Waals surface area contributed by atoms with Crippen molar-refractivity contribution >= 4 is 7.69 Å². The summed E-state index contributed by atoms with van der Waals surface area (Å²) >= 11 is 0. The maximum absolute atomic E-state index is 5.76. The van der Waals surface area contributed by atoms with Crippen LogP contribution in [0.5, 0.6) is 11.5 Å². The summed E-state index contributed by atoms with van der Waals surface area (Å²) in [5.74, 6) is 1.82. The SMILES string of the molecule is Cc1cccc(C)c1OBOc1c(C)cccc1C. The molecule has 0 spiro atoms. The molecule has 2 nitrogen and oxygen atoms in total. The van der Waals surface area contributed by atoms with Crippen LogP contribution < -0.4 is 9.31 Å². The van der Waals surface area contributed by atoms with Gasteiger partial charge in [-0.25, -0.2) is 0 Å². The molecule has 0 atom stereocenters. The van der Waals surface area contributed by atoms with E-state index in [1.807, 2.05) is 64.1 Å². The zero-order chi connectivity index (χ0) is 13.8. The van der Waals surface area contributed by atoms with Gasteiger partial charge >= 0.3 is 7.69 Å². The van der Waals surface area contributed by atoms with Gasteiger partial charge in [-0.1, -0.05) is 36.4 Å². The van der Waals surface area contributed by atoms with E-state index in [-0.39, 0.29) is 7.69 Å². The molecule has 0 saturated carbocycles. The molecule has 2 aromatic carbocycles. The molecule has 0 aliphatic carbocycles. The molecule has 0 aromatic heterocycles. The molecule has 0 amide bonds. The fourth-order valence-corrected chi connectivity index (χ4v) is 2.20. The third-order valence-electron chi connectivity index (χ3n) is 3.22. The molecule has 0 N–H and O–H groups in total. The van der Waals surface area contributed by atoms with E-state index in [9.17, 15) is 0 Å². The van der Waals surface area contributed by atoms with E-state index < -0.39 is 0 Å². The van der Waals surface area contributed by atoms with E-state index in [0.717, 1.165) is 33.8 Å². The lowest BCUT2D eigenvalue weighted by molar-refractivity contribution is 0.451. The van der Waals surface area contributed by atoms with Crippen LogP contribution >= 0.6 is 0 Å². The second-order valence-corrected chi connectivity index (χ2v) is 4.85. The van der Waals surface area contributed by atoms with E-state index in [0.29, 0.717) is 0 Å². The summed E-state index contributed by atoms with van der Waals surface area (Å²) < 4.78 is 11.5. The smallest absolute Gasteiger partial charge is 0.528 e. The molecule has 0 unspecified atom stereocenters. The topological polar surface area (TPSA) is 18.5 Å². The van der Waals surface area contributed by atoms with Crippen molar-refractivity contribution in [2.24, 2.45) is 0 Å². The summed E-state index contributed by atoms with van der Waals surface area (Å²) in [4.78, 5) is 0. The van der Waals surface area contributed by atoms with Crippen molar-refractivity contribution in [3.05, 3.63) is 58.7 Å². The Hall–Kier alpha value is -1.90. The number of para-hydroxylation sites is 2. The molecular formula is C16H19BO2. The average Bonchev–Trinajstić information content (AvgIpc) is 2.36. The molecule has 3 heteroatoms. The first-order chi connectivity index (χ1) is 9.09. The van der Waals surface area contributed by atoms with Crippen molar-refractivity contribution in [3.8, 4) is 11.5 Å². The Bertz CT molecular complexity index is 487. The van der Waals surface area contributed by atoms with E-state index in [4.69, 9.17) is 9.31 Å². The van der Waals surface area contributed by atoms with Crippen LogP contribution in [0.15, 0.2) is 36.4 Å². The van der Waals surface area contributed by atoms with Gasteiger partial charge in [0.2, 0.25) is 0 Å². The minimum Gasteiger partial charge on any atom is -0.528 e. The fourth-order valence-electron chi connectivity index (χ4n) is 2.20. The Morgan fingerprint density at radius 2 is 0.947 bits per heavy atom. The predicted molar refractivity (Wildman–Crippen MR) is 80.2 cm³/mol. The highest BCUT2D eigenvalue weighted by molar-refractivity contribution is 6.21. The fraction of sp³-hybridized carbons (Fsp3) is 0.250. The normalized spacial score (nSPS) is 10.1. The van der Waals surface area contributed by atoms with Crippen LogP contribution in [-0.4, -0.2) is 7.69 Å². The van der Waals surface area contributed by atoms with Gasteiger partial charge in [-0.2, -0.15) is 0 Å². The molecule has 0 bridgehead atoms. The van der Waals surface area contributed by atoms with E-state index >= 15 is 0 Å². The van der Waals surface area contributed by atoms with Gasteiger partial charge in [0.1, 0.15) is 11.5 Å². The van der Waals surface area contributed by atoms with Crippen LogP contribution in [0.2, 0.25) is 0 Å². The quantitative estimate of drug-likeness (QED) is 0.775. The molecule has 0 heterocycles. The zero-order valence-electron chi connectivity index (χ0n) is 12.0. The summed E-state index contributed by atoms with van der Waals surface area (Å²) in [5, 5.41) is 0. The molecule has 2 aromatic rings. The number of benzene rings is 2.